The summed E-state index contributed by atoms with van der Waals surface area (Å²) in [5.41, 5.74) is 2.62. The second-order valence-electron chi connectivity index (χ2n) is 9.18. The molecule has 4 aromatic rings. The van der Waals surface area contributed by atoms with Crippen molar-refractivity contribution in [2.24, 2.45) is 0 Å². The first kappa shape index (κ1) is 27.2. The van der Waals surface area contributed by atoms with E-state index in [2.05, 4.69) is 10.3 Å². The van der Waals surface area contributed by atoms with Crippen LogP contribution in [0.25, 0.3) is 16.9 Å². The number of aromatic nitrogens is 2. The largest absolute Gasteiger partial charge is 0.376 e. The van der Waals surface area contributed by atoms with E-state index in [1.54, 1.807) is 53.1 Å². The predicted molar refractivity (Wildman–Crippen MR) is 154 cm³/mol. The third-order valence-electron chi connectivity index (χ3n) is 6.34. The lowest BCUT2D eigenvalue weighted by molar-refractivity contribution is -0.117. The average molecular weight is 584 g/mol. The van der Waals surface area contributed by atoms with Crippen molar-refractivity contribution in [3.63, 3.8) is 0 Å². The Morgan fingerprint density at radius 2 is 1.69 bits per heavy atom. The van der Waals surface area contributed by atoms with E-state index in [-0.39, 0.29) is 18.6 Å². The minimum absolute atomic E-state index is 0.126. The van der Waals surface area contributed by atoms with Crippen molar-refractivity contribution < 1.29 is 14.3 Å². The monoisotopic (exact) mass is 582 g/mol. The SMILES string of the molecule is O=C(CN(C[C@@H]1CCCO1)C(=O)c1ccc(Cl)cc1)Nc1nc(-c2ccc(Cl)cc2)cn1-c1cccc(Cl)c1. The van der Waals surface area contributed by atoms with Crippen LogP contribution in [0.4, 0.5) is 5.95 Å². The van der Waals surface area contributed by atoms with Gasteiger partial charge in [0.05, 0.1) is 11.8 Å². The Labute approximate surface area is 241 Å². The van der Waals surface area contributed by atoms with Crippen molar-refractivity contribution in [3.8, 4) is 16.9 Å². The summed E-state index contributed by atoms with van der Waals surface area (Å²) in [5.74, 6) is -0.382. The molecule has 0 unspecified atom stereocenters. The van der Waals surface area contributed by atoms with E-state index in [4.69, 9.17) is 39.5 Å². The summed E-state index contributed by atoms with van der Waals surface area (Å²) in [6.07, 6.45) is 3.44. The van der Waals surface area contributed by atoms with E-state index >= 15 is 0 Å². The molecule has 39 heavy (non-hydrogen) atoms. The normalized spacial score (nSPS) is 14.8. The van der Waals surface area contributed by atoms with Gasteiger partial charge in [-0.2, -0.15) is 0 Å². The van der Waals surface area contributed by atoms with Gasteiger partial charge in [0.15, 0.2) is 0 Å². The van der Waals surface area contributed by atoms with Gasteiger partial charge >= 0.3 is 0 Å². The molecular formula is C29H25Cl3N4O3. The smallest absolute Gasteiger partial charge is 0.254 e. The lowest BCUT2D eigenvalue weighted by Crippen LogP contribution is -2.42. The Hall–Kier alpha value is -3.36. The molecule has 1 fully saturated rings. The van der Waals surface area contributed by atoms with Crippen molar-refractivity contribution >= 4 is 52.6 Å². The zero-order valence-corrected chi connectivity index (χ0v) is 23.1. The lowest BCUT2D eigenvalue weighted by atomic mass is 10.1. The number of carbonyl (C=O) groups is 2. The van der Waals surface area contributed by atoms with Gasteiger partial charge in [-0.25, -0.2) is 4.98 Å². The summed E-state index contributed by atoms with van der Waals surface area (Å²) >= 11 is 18.3. The Morgan fingerprint density at radius 3 is 2.36 bits per heavy atom. The molecule has 1 N–H and O–H groups in total. The van der Waals surface area contributed by atoms with E-state index in [0.717, 1.165) is 24.1 Å². The molecule has 0 saturated carbocycles. The molecule has 1 aliphatic heterocycles. The highest BCUT2D eigenvalue weighted by Gasteiger charge is 2.26. The standard InChI is InChI=1S/C29H25Cl3N4O3/c30-21-10-6-19(7-11-21)26-17-36(24-4-1-3-23(32)15-24)29(33-26)34-27(37)18-35(16-25-5-2-14-39-25)28(38)20-8-12-22(31)13-9-20/h1,3-4,6-13,15,17,25H,2,5,14,16,18H2,(H,33,34,37)/t25-/m0/s1. The molecule has 2 amide bonds. The lowest BCUT2D eigenvalue weighted by Gasteiger charge is -2.25. The van der Waals surface area contributed by atoms with Crippen molar-refractivity contribution in [1.82, 2.24) is 14.5 Å². The van der Waals surface area contributed by atoms with E-state index in [9.17, 15) is 9.59 Å². The highest BCUT2D eigenvalue weighted by molar-refractivity contribution is 6.31. The number of hydrogen-bond acceptors (Lipinski definition) is 4. The van der Waals surface area contributed by atoms with E-state index in [0.29, 0.717) is 45.4 Å². The molecule has 0 aliphatic carbocycles. The van der Waals surface area contributed by atoms with Gasteiger partial charge in [-0.05, 0) is 67.4 Å². The van der Waals surface area contributed by atoms with Crippen LogP contribution in [0.3, 0.4) is 0 Å². The third kappa shape index (κ3) is 6.81. The highest BCUT2D eigenvalue weighted by Crippen LogP contribution is 2.27. The number of nitrogens with zero attached hydrogens (tertiary/aromatic N) is 3. The van der Waals surface area contributed by atoms with Crippen LogP contribution in [0.1, 0.15) is 23.2 Å². The summed E-state index contributed by atoms with van der Waals surface area (Å²) in [7, 11) is 0. The number of halogens is 3. The molecule has 1 aliphatic rings. The molecule has 7 nitrogen and oxygen atoms in total. The summed E-state index contributed by atoms with van der Waals surface area (Å²) in [6, 6.07) is 21.1. The van der Waals surface area contributed by atoms with Crippen molar-refractivity contribution in [2.75, 3.05) is 25.0 Å². The van der Waals surface area contributed by atoms with Crippen molar-refractivity contribution in [3.05, 3.63) is 99.6 Å². The molecule has 1 atom stereocenters. The van der Waals surface area contributed by atoms with Gasteiger partial charge < -0.3 is 9.64 Å². The Morgan fingerprint density at radius 1 is 0.974 bits per heavy atom. The molecule has 3 aromatic carbocycles. The van der Waals surface area contributed by atoms with Crippen LogP contribution in [0.5, 0.6) is 0 Å². The number of ether oxygens (including phenoxy) is 1. The molecular weight excluding hydrogens is 559 g/mol. The number of nitrogens with one attached hydrogen (secondary N) is 1. The summed E-state index contributed by atoms with van der Waals surface area (Å²) in [4.78, 5) is 32.9. The molecule has 1 aromatic heterocycles. The zero-order valence-electron chi connectivity index (χ0n) is 20.8. The van der Waals surface area contributed by atoms with Gasteiger partial charge in [-0.1, -0.05) is 53.0 Å². The van der Waals surface area contributed by atoms with Crippen LogP contribution < -0.4 is 5.32 Å². The van der Waals surface area contributed by atoms with Gasteiger partial charge in [0, 0.05) is 51.2 Å². The number of carbonyl (C=O) groups excluding carboxylic acids is 2. The van der Waals surface area contributed by atoms with Gasteiger partial charge in [-0.3, -0.25) is 19.5 Å². The maximum Gasteiger partial charge on any atom is 0.254 e. The molecule has 10 heteroatoms. The average Bonchev–Trinajstić information content (AvgIpc) is 3.59. The summed E-state index contributed by atoms with van der Waals surface area (Å²) in [5, 5.41) is 4.57. The fourth-order valence-electron chi connectivity index (χ4n) is 4.42. The molecule has 200 valence electrons. The second kappa shape index (κ2) is 12.2. The molecule has 0 spiro atoms. The quantitative estimate of drug-likeness (QED) is 0.249. The van der Waals surface area contributed by atoms with Gasteiger partial charge in [0.2, 0.25) is 11.9 Å². The fraction of sp³-hybridized carbons (Fsp3) is 0.207. The number of hydrogen-bond donors (Lipinski definition) is 1. The van der Waals surface area contributed by atoms with Crippen LogP contribution in [-0.2, 0) is 9.53 Å². The Kier molecular flexibility index (Phi) is 8.53. The molecule has 1 saturated heterocycles. The highest BCUT2D eigenvalue weighted by atomic mass is 35.5. The van der Waals surface area contributed by atoms with Crippen LogP contribution in [0, 0.1) is 0 Å². The topological polar surface area (TPSA) is 76.5 Å². The Balaban J connectivity index is 1.41. The second-order valence-corrected chi connectivity index (χ2v) is 10.5. The van der Waals surface area contributed by atoms with E-state index in [1.165, 1.54) is 4.90 Å². The van der Waals surface area contributed by atoms with Crippen LogP contribution in [0.2, 0.25) is 15.1 Å². The predicted octanol–water partition coefficient (Wildman–Crippen LogP) is 6.76. The van der Waals surface area contributed by atoms with Crippen LogP contribution in [-0.4, -0.2) is 52.1 Å². The van der Waals surface area contributed by atoms with Gasteiger partial charge in [-0.15, -0.1) is 0 Å². The van der Waals surface area contributed by atoms with Crippen LogP contribution in [0.15, 0.2) is 79.0 Å². The van der Waals surface area contributed by atoms with E-state index < -0.39 is 5.91 Å². The van der Waals surface area contributed by atoms with Gasteiger partial charge in [0.1, 0.15) is 6.54 Å². The Bertz CT molecular complexity index is 1470. The molecule has 2 heterocycles. The maximum absolute atomic E-state index is 13.4. The number of rotatable bonds is 8. The number of benzene rings is 3. The molecule has 5 rings (SSSR count). The summed E-state index contributed by atoms with van der Waals surface area (Å²) < 4.78 is 7.50. The van der Waals surface area contributed by atoms with Crippen LogP contribution >= 0.6 is 34.8 Å². The number of anilines is 1. The molecule has 0 radical (unpaired) electrons. The van der Waals surface area contributed by atoms with Crippen molar-refractivity contribution in [1.29, 1.82) is 0 Å². The minimum Gasteiger partial charge on any atom is -0.376 e. The minimum atomic E-state index is -0.396. The zero-order chi connectivity index (χ0) is 27.4. The summed E-state index contributed by atoms with van der Waals surface area (Å²) in [6.45, 7) is 0.762. The van der Waals surface area contributed by atoms with E-state index in [1.807, 2.05) is 30.5 Å². The molecule has 0 bridgehead atoms. The first-order valence-electron chi connectivity index (χ1n) is 12.4. The number of imidazole rings is 1. The van der Waals surface area contributed by atoms with Crippen molar-refractivity contribution in [2.45, 2.75) is 18.9 Å². The fourth-order valence-corrected chi connectivity index (χ4v) is 4.85. The number of amides is 2. The third-order valence-corrected chi connectivity index (χ3v) is 7.08. The van der Waals surface area contributed by atoms with Gasteiger partial charge in [0.25, 0.3) is 5.91 Å². The first-order chi connectivity index (χ1) is 18.9. The maximum atomic E-state index is 13.4. The first-order valence-corrected chi connectivity index (χ1v) is 13.6.